The van der Waals surface area contributed by atoms with Crippen LogP contribution in [0.15, 0.2) is 0 Å². The minimum atomic E-state index is 0.320. The van der Waals surface area contributed by atoms with E-state index >= 15 is 0 Å². The highest BCUT2D eigenvalue weighted by molar-refractivity contribution is 4.98. The average Bonchev–Trinajstić information content (AvgIpc) is 2.78. The molecule has 2 heteroatoms. The summed E-state index contributed by atoms with van der Waals surface area (Å²) in [6.07, 6.45) is 7.87. The molecular formula is C15H32N2. The maximum Gasteiger partial charge on any atom is 0.0334 e. The molecule has 1 fully saturated rings. The van der Waals surface area contributed by atoms with E-state index in [1.165, 1.54) is 45.1 Å². The van der Waals surface area contributed by atoms with Crippen molar-refractivity contribution in [3.05, 3.63) is 0 Å². The second kappa shape index (κ2) is 6.75. The monoisotopic (exact) mass is 240 g/mol. The van der Waals surface area contributed by atoms with Crippen LogP contribution in [0.2, 0.25) is 0 Å². The SMILES string of the molecule is CCC(CC)N(CC(C)C)C1(CN)CCCC1. The third kappa shape index (κ3) is 3.45. The molecule has 0 aromatic rings. The summed E-state index contributed by atoms with van der Waals surface area (Å²) in [4.78, 5) is 2.77. The zero-order valence-electron chi connectivity index (χ0n) is 12.3. The van der Waals surface area contributed by atoms with Crippen LogP contribution in [0.1, 0.15) is 66.2 Å². The lowest BCUT2D eigenvalue weighted by molar-refractivity contribution is 0.0358. The van der Waals surface area contributed by atoms with Crippen molar-refractivity contribution in [2.24, 2.45) is 11.7 Å². The molecule has 0 amide bonds. The van der Waals surface area contributed by atoms with Gasteiger partial charge in [-0.1, -0.05) is 40.5 Å². The lowest BCUT2D eigenvalue weighted by Crippen LogP contribution is -2.57. The Kier molecular flexibility index (Phi) is 5.94. The fourth-order valence-electron chi connectivity index (χ4n) is 3.49. The molecule has 1 saturated carbocycles. The first kappa shape index (κ1) is 15.0. The Morgan fingerprint density at radius 2 is 1.65 bits per heavy atom. The zero-order chi connectivity index (χ0) is 12.9. The van der Waals surface area contributed by atoms with Crippen LogP contribution in [0.25, 0.3) is 0 Å². The quantitative estimate of drug-likeness (QED) is 0.739. The van der Waals surface area contributed by atoms with Crippen LogP contribution in [0.5, 0.6) is 0 Å². The summed E-state index contributed by atoms with van der Waals surface area (Å²) in [6, 6.07) is 0.721. The molecule has 0 radical (unpaired) electrons. The van der Waals surface area contributed by atoms with Gasteiger partial charge in [0.05, 0.1) is 0 Å². The van der Waals surface area contributed by atoms with E-state index in [1.54, 1.807) is 0 Å². The van der Waals surface area contributed by atoms with Crippen molar-refractivity contribution in [1.29, 1.82) is 0 Å². The summed E-state index contributed by atoms with van der Waals surface area (Å²) < 4.78 is 0. The van der Waals surface area contributed by atoms with E-state index in [0.717, 1.165) is 18.5 Å². The van der Waals surface area contributed by atoms with Crippen LogP contribution in [-0.2, 0) is 0 Å². The normalized spacial score (nSPS) is 19.8. The topological polar surface area (TPSA) is 29.3 Å². The Bertz CT molecular complexity index is 203. The molecule has 1 rings (SSSR count). The fourth-order valence-corrected chi connectivity index (χ4v) is 3.49. The molecule has 1 aliphatic rings. The number of nitrogens with two attached hydrogens (primary N) is 1. The number of hydrogen-bond acceptors (Lipinski definition) is 2. The van der Waals surface area contributed by atoms with Crippen molar-refractivity contribution in [1.82, 2.24) is 4.90 Å². The standard InChI is InChI=1S/C15H32N2/c1-5-14(6-2)17(11-13(3)4)15(12-16)9-7-8-10-15/h13-14H,5-12,16H2,1-4H3. The fraction of sp³-hybridized carbons (Fsp3) is 1.00. The molecule has 17 heavy (non-hydrogen) atoms. The minimum absolute atomic E-state index is 0.320. The average molecular weight is 240 g/mol. The van der Waals surface area contributed by atoms with E-state index in [-0.39, 0.29) is 0 Å². The van der Waals surface area contributed by atoms with Gasteiger partial charge in [-0.25, -0.2) is 0 Å². The molecule has 0 aliphatic heterocycles. The Hall–Kier alpha value is -0.0800. The first-order valence-corrected chi connectivity index (χ1v) is 7.56. The summed E-state index contributed by atoms with van der Waals surface area (Å²) in [5.74, 6) is 0.736. The highest BCUT2D eigenvalue weighted by atomic mass is 15.2. The van der Waals surface area contributed by atoms with Gasteiger partial charge in [0.2, 0.25) is 0 Å². The second-order valence-corrected chi connectivity index (χ2v) is 6.15. The minimum Gasteiger partial charge on any atom is -0.329 e. The highest BCUT2D eigenvalue weighted by Gasteiger charge is 2.40. The van der Waals surface area contributed by atoms with Crippen molar-refractivity contribution in [3.63, 3.8) is 0 Å². The van der Waals surface area contributed by atoms with Crippen LogP contribution in [0.4, 0.5) is 0 Å². The van der Waals surface area contributed by atoms with Crippen molar-refractivity contribution in [2.75, 3.05) is 13.1 Å². The van der Waals surface area contributed by atoms with Crippen LogP contribution >= 0.6 is 0 Å². The molecule has 0 heterocycles. The lowest BCUT2D eigenvalue weighted by atomic mass is 9.90. The molecule has 102 valence electrons. The Morgan fingerprint density at radius 3 is 2.00 bits per heavy atom. The van der Waals surface area contributed by atoms with Crippen LogP contribution in [-0.4, -0.2) is 29.6 Å². The van der Waals surface area contributed by atoms with Gasteiger partial charge in [0.1, 0.15) is 0 Å². The molecule has 0 unspecified atom stereocenters. The van der Waals surface area contributed by atoms with E-state index in [2.05, 4.69) is 32.6 Å². The van der Waals surface area contributed by atoms with Crippen LogP contribution < -0.4 is 5.73 Å². The van der Waals surface area contributed by atoms with E-state index in [1.807, 2.05) is 0 Å². The van der Waals surface area contributed by atoms with Crippen molar-refractivity contribution in [2.45, 2.75) is 77.8 Å². The summed E-state index contributed by atoms with van der Waals surface area (Å²) in [7, 11) is 0. The molecule has 0 aromatic heterocycles. The van der Waals surface area contributed by atoms with Crippen molar-refractivity contribution < 1.29 is 0 Å². The third-order valence-corrected chi connectivity index (χ3v) is 4.47. The van der Waals surface area contributed by atoms with Gasteiger partial charge in [-0.3, -0.25) is 4.90 Å². The molecule has 0 spiro atoms. The Morgan fingerprint density at radius 1 is 1.12 bits per heavy atom. The van der Waals surface area contributed by atoms with Gasteiger partial charge in [0, 0.05) is 24.7 Å². The van der Waals surface area contributed by atoms with Gasteiger partial charge in [0.15, 0.2) is 0 Å². The van der Waals surface area contributed by atoms with Gasteiger partial charge in [-0.2, -0.15) is 0 Å². The Labute approximate surface area is 108 Å². The molecule has 0 aromatic carbocycles. The van der Waals surface area contributed by atoms with Gasteiger partial charge < -0.3 is 5.73 Å². The zero-order valence-corrected chi connectivity index (χ0v) is 12.3. The molecular weight excluding hydrogens is 208 g/mol. The second-order valence-electron chi connectivity index (χ2n) is 6.15. The van der Waals surface area contributed by atoms with E-state index in [0.29, 0.717) is 5.54 Å². The third-order valence-electron chi connectivity index (χ3n) is 4.47. The number of nitrogens with zero attached hydrogens (tertiary/aromatic N) is 1. The predicted octanol–water partition coefficient (Wildman–Crippen LogP) is 3.40. The highest BCUT2D eigenvalue weighted by Crippen LogP contribution is 2.37. The van der Waals surface area contributed by atoms with E-state index in [4.69, 9.17) is 5.73 Å². The lowest BCUT2D eigenvalue weighted by Gasteiger charge is -2.46. The number of hydrogen-bond donors (Lipinski definition) is 1. The van der Waals surface area contributed by atoms with Gasteiger partial charge >= 0.3 is 0 Å². The van der Waals surface area contributed by atoms with Gasteiger partial charge in [0.25, 0.3) is 0 Å². The summed E-state index contributed by atoms with van der Waals surface area (Å²) >= 11 is 0. The summed E-state index contributed by atoms with van der Waals surface area (Å²) in [6.45, 7) is 11.4. The van der Waals surface area contributed by atoms with Gasteiger partial charge in [-0.15, -0.1) is 0 Å². The molecule has 0 atom stereocenters. The molecule has 2 N–H and O–H groups in total. The summed E-state index contributed by atoms with van der Waals surface area (Å²) in [5, 5.41) is 0. The van der Waals surface area contributed by atoms with E-state index in [9.17, 15) is 0 Å². The molecule has 1 aliphatic carbocycles. The first-order chi connectivity index (χ1) is 8.09. The van der Waals surface area contributed by atoms with Crippen LogP contribution in [0.3, 0.4) is 0 Å². The summed E-state index contributed by atoms with van der Waals surface area (Å²) in [5.41, 5.74) is 6.47. The van der Waals surface area contributed by atoms with Crippen molar-refractivity contribution >= 4 is 0 Å². The smallest absolute Gasteiger partial charge is 0.0334 e. The first-order valence-electron chi connectivity index (χ1n) is 7.56. The molecule has 0 saturated heterocycles. The maximum absolute atomic E-state index is 6.15. The number of rotatable bonds is 7. The molecule has 2 nitrogen and oxygen atoms in total. The molecule has 0 bridgehead atoms. The predicted molar refractivity (Wildman–Crippen MR) is 76.2 cm³/mol. The van der Waals surface area contributed by atoms with Gasteiger partial charge in [-0.05, 0) is 31.6 Å². The maximum atomic E-state index is 6.15. The van der Waals surface area contributed by atoms with Crippen LogP contribution in [0, 0.1) is 5.92 Å². The largest absolute Gasteiger partial charge is 0.329 e. The van der Waals surface area contributed by atoms with Crippen molar-refractivity contribution in [3.8, 4) is 0 Å². The van der Waals surface area contributed by atoms with E-state index < -0.39 is 0 Å². The Balaban J connectivity index is 2.86.